The normalized spacial score (nSPS) is 25.5. The summed E-state index contributed by atoms with van der Waals surface area (Å²) in [5.74, 6) is -2.59. The molecule has 0 amide bonds. The standard InChI is InChI=1S/C12H15F3N2/c1-17-6-7(5-16)4-10(17)11-8(13)2-3-9(14)12(11)15/h2-3,7,10H,4-6,16H2,1H3. The van der Waals surface area contributed by atoms with E-state index in [9.17, 15) is 13.2 Å². The molecule has 0 saturated carbocycles. The van der Waals surface area contributed by atoms with Crippen LogP contribution in [0.5, 0.6) is 0 Å². The van der Waals surface area contributed by atoms with E-state index in [1.165, 1.54) is 0 Å². The second-order valence-electron chi connectivity index (χ2n) is 4.55. The van der Waals surface area contributed by atoms with Crippen molar-refractivity contribution in [2.45, 2.75) is 12.5 Å². The van der Waals surface area contributed by atoms with Crippen molar-refractivity contribution in [3.63, 3.8) is 0 Å². The second kappa shape index (κ2) is 4.66. The molecule has 1 aliphatic heterocycles. The highest BCUT2D eigenvalue weighted by Gasteiger charge is 2.34. The smallest absolute Gasteiger partial charge is 0.166 e. The summed E-state index contributed by atoms with van der Waals surface area (Å²) in [5, 5.41) is 0. The van der Waals surface area contributed by atoms with E-state index in [4.69, 9.17) is 5.73 Å². The quantitative estimate of drug-likeness (QED) is 0.807. The molecule has 1 aromatic carbocycles. The van der Waals surface area contributed by atoms with E-state index in [0.717, 1.165) is 12.1 Å². The topological polar surface area (TPSA) is 29.3 Å². The van der Waals surface area contributed by atoms with Crippen LogP contribution in [0.15, 0.2) is 12.1 Å². The average molecular weight is 244 g/mol. The Hall–Kier alpha value is -1.07. The maximum absolute atomic E-state index is 13.6. The van der Waals surface area contributed by atoms with Gasteiger partial charge in [-0.25, -0.2) is 13.2 Å². The molecule has 0 aliphatic carbocycles. The molecule has 2 N–H and O–H groups in total. The lowest BCUT2D eigenvalue weighted by atomic mass is 9.99. The molecule has 5 heteroatoms. The maximum Gasteiger partial charge on any atom is 0.166 e. The van der Waals surface area contributed by atoms with Crippen LogP contribution in [-0.2, 0) is 0 Å². The van der Waals surface area contributed by atoms with E-state index in [2.05, 4.69) is 0 Å². The van der Waals surface area contributed by atoms with Gasteiger partial charge in [-0.2, -0.15) is 0 Å². The van der Waals surface area contributed by atoms with Gasteiger partial charge in [0.2, 0.25) is 0 Å². The zero-order valence-corrected chi connectivity index (χ0v) is 9.59. The SMILES string of the molecule is CN1CC(CN)CC1c1c(F)ccc(F)c1F. The van der Waals surface area contributed by atoms with Gasteiger partial charge < -0.3 is 5.73 Å². The van der Waals surface area contributed by atoms with Gasteiger partial charge in [-0.05, 0) is 38.1 Å². The van der Waals surface area contributed by atoms with Crippen LogP contribution in [0.2, 0.25) is 0 Å². The summed E-state index contributed by atoms with van der Waals surface area (Å²) >= 11 is 0. The summed E-state index contributed by atoms with van der Waals surface area (Å²) in [6.45, 7) is 1.15. The third-order valence-electron chi connectivity index (χ3n) is 3.38. The van der Waals surface area contributed by atoms with Gasteiger partial charge >= 0.3 is 0 Å². The zero-order valence-electron chi connectivity index (χ0n) is 9.59. The first-order chi connectivity index (χ1) is 8.04. The van der Waals surface area contributed by atoms with Crippen LogP contribution >= 0.6 is 0 Å². The lowest BCUT2D eigenvalue weighted by molar-refractivity contribution is 0.295. The van der Waals surface area contributed by atoms with Gasteiger partial charge in [0.25, 0.3) is 0 Å². The fourth-order valence-electron chi connectivity index (χ4n) is 2.46. The number of hydrogen-bond acceptors (Lipinski definition) is 2. The fourth-order valence-corrected chi connectivity index (χ4v) is 2.46. The van der Waals surface area contributed by atoms with E-state index < -0.39 is 23.5 Å². The van der Waals surface area contributed by atoms with Crippen molar-refractivity contribution in [3.05, 3.63) is 35.1 Å². The Labute approximate surface area is 98.2 Å². The van der Waals surface area contributed by atoms with Gasteiger partial charge in [-0.3, -0.25) is 4.90 Å². The summed E-state index contributed by atoms with van der Waals surface area (Å²) in [6, 6.07) is 1.35. The first-order valence-electron chi connectivity index (χ1n) is 5.58. The third kappa shape index (κ3) is 2.17. The van der Waals surface area contributed by atoms with Crippen LogP contribution in [-0.4, -0.2) is 25.0 Å². The van der Waals surface area contributed by atoms with Gasteiger partial charge in [-0.15, -0.1) is 0 Å². The van der Waals surface area contributed by atoms with E-state index in [0.29, 0.717) is 19.5 Å². The Kier molecular flexibility index (Phi) is 3.40. The number of rotatable bonds is 2. The van der Waals surface area contributed by atoms with Crippen molar-refractivity contribution in [1.29, 1.82) is 0 Å². The van der Waals surface area contributed by atoms with Crippen LogP contribution in [0.1, 0.15) is 18.0 Å². The molecule has 1 heterocycles. The van der Waals surface area contributed by atoms with Crippen molar-refractivity contribution in [2.75, 3.05) is 20.1 Å². The van der Waals surface area contributed by atoms with Crippen molar-refractivity contribution < 1.29 is 13.2 Å². The molecule has 0 spiro atoms. The van der Waals surface area contributed by atoms with Gasteiger partial charge in [0.15, 0.2) is 11.6 Å². The molecule has 2 atom stereocenters. The lowest BCUT2D eigenvalue weighted by Gasteiger charge is -2.20. The molecule has 94 valence electrons. The van der Waals surface area contributed by atoms with Gasteiger partial charge in [0.1, 0.15) is 5.82 Å². The number of halogens is 3. The molecular weight excluding hydrogens is 229 g/mol. The summed E-state index contributed by atoms with van der Waals surface area (Å²) in [7, 11) is 1.77. The molecule has 1 fully saturated rings. The molecule has 0 bridgehead atoms. The van der Waals surface area contributed by atoms with Crippen LogP contribution in [0.25, 0.3) is 0 Å². The minimum atomic E-state index is -1.08. The Morgan fingerprint density at radius 2 is 1.94 bits per heavy atom. The third-order valence-corrected chi connectivity index (χ3v) is 3.38. The van der Waals surface area contributed by atoms with Crippen molar-refractivity contribution in [3.8, 4) is 0 Å². The molecule has 17 heavy (non-hydrogen) atoms. The predicted octanol–water partition coefficient (Wildman–Crippen LogP) is 2.06. The molecule has 0 aromatic heterocycles. The van der Waals surface area contributed by atoms with Crippen molar-refractivity contribution in [1.82, 2.24) is 4.90 Å². The molecule has 0 radical (unpaired) electrons. The Bertz CT molecular complexity index is 422. The van der Waals surface area contributed by atoms with E-state index >= 15 is 0 Å². The Morgan fingerprint density at radius 1 is 1.29 bits per heavy atom. The largest absolute Gasteiger partial charge is 0.330 e. The Morgan fingerprint density at radius 3 is 2.53 bits per heavy atom. The monoisotopic (exact) mass is 244 g/mol. The van der Waals surface area contributed by atoms with E-state index in [-0.39, 0.29) is 11.5 Å². The van der Waals surface area contributed by atoms with Crippen molar-refractivity contribution >= 4 is 0 Å². The molecule has 1 aliphatic rings. The van der Waals surface area contributed by atoms with Gasteiger partial charge in [-0.1, -0.05) is 0 Å². The zero-order chi connectivity index (χ0) is 12.6. The minimum Gasteiger partial charge on any atom is -0.330 e. The molecular formula is C12H15F3N2. The molecule has 2 unspecified atom stereocenters. The number of benzene rings is 1. The van der Waals surface area contributed by atoms with Crippen LogP contribution in [0.3, 0.4) is 0 Å². The predicted molar refractivity (Wildman–Crippen MR) is 58.8 cm³/mol. The first-order valence-corrected chi connectivity index (χ1v) is 5.58. The lowest BCUT2D eigenvalue weighted by Crippen LogP contribution is -2.22. The number of likely N-dealkylation sites (tertiary alicyclic amines) is 1. The highest BCUT2D eigenvalue weighted by Crippen LogP contribution is 2.36. The summed E-state index contributed by atoms with van der Waals surface area (Å²) < 4.78 is 40.4. The maximum atomic E-state index is 13.6. The van der Waals surface area contributed by atoms with E-state index in [1.54, 1.807) is 7.05 Å². The summed E-state index contributed by atoms with van der Waals surface area (Å²) in [4.78, 5) is 1.82. The number of nitrogens with two attached hydrogens (primary N) is 1. The van der Waals surface area contributed by atoms with Crippen LogP contribution < -0.4 is 5.73 Å². The minimum absolute atomic E-state index is 0.177. The first kappa shape index (κ1) is 12.4. The highest BCUT2D eigenvalue weighted by molar-refractivity contribution is 5.25. The molecule has 1 saturated heterocycles. The summed E-state index contributed by atoms with van der Waals surface area (Å²) in [5.41, 5.74) is 5.38. The van der Waals surface area contributed by atoms with Crippen molar-refractivity contribution in [2.24, 2.45) is 11.7 Å². The summed E-state index contributed by atoms with van der Waals surface area (Å²) in [6.07, 6.45) is 0.560. The highest BCUT2D eigenvalue weighted by atomic mass is 19.2. The van der Waals surface area contributed by atoms with Crippen LogP contribution in [0, 0.1) is 23.4 Å². The second-order valence-corrected chi connectivity index (χ2v) is 4.55. The van der Waals surface area contributed by atoms with Gasteiger partial charge in [0.05, 0.1) is 0 Å². The fraction of sp³-hybridized carbons (Fsp3) is 0.500. The van der Waals surface area contributed by atoms with Gasteiger partial charge in [0, 0.05) is 18.2 Å². The number of nitrogens with zero attached hydrogens (tertiary/aromatic N) is 1. The van der Waals surface area contributed by atoms with E-state index in [1.807, 2.05) is 4.90 Å². The average Bonchev–Trinajstić information content (AvgIpc) is 2.66. The molecule has 2 nitrogen and oxygen atoms in total. The number of hydrogen-bond donors (Lipinski definition) is 1. The Balaban J connectivity index is 2.37. The molecule has 2 rings (SSSR count). The van der Waals surface area contributed by atoms with Crippen LogP contribution in [0.4, 0.5) is 13.2 Å². The molecule has 1 aromatic rings.